The van der Waals surface area contributed by atoms with Gasteiger partial charge < -0.3 is 19.8 Å². The van der Waals surface area contributed by atoms with Gasteiger partial charge >= 0.3 is 19.5 Å². The second kappa shape index (κ2) is 14.4. The Morgan fingerprint density at radius 3 is 1.02 bits per heavy atom. The monoisotopic (exact) mass is 616 g/mol. The first-order valence-corrected chi connectivity index (χ1v) is 12.6. The maximum atomic E-state index is 11.4. The molecule has 6 rings (SSSR count). The molecule has 0 atom stereocenters. The molecule has 0 unspecified atom stereocenters. The van der Waals surface area contributed by atoms with E-state index in [-0.39, 0.29) is 30.6 Å². The van der Waals surface area contributed by atoms with Crippen molar-refractivity contribution in [3.05, 3.63) is 133 Å². The molecule has 0 aromatic carbocycles. The van der Waals surface area contributed by atoms with Crippen LogP contribution in [0.15, 0.2) is 122 Å². The Labute approximate surface area is 259 Å². The molecule has 0 aliphatic carbocycles. The average molecular weight is 618 g/mol. The van der Waals surface area contributed by atoms with Crippen LogP contribution in [0.1, 0.15) is 20.7 Å². The van der Waals surface area contributed by atoms with Gasteiger partial charge in [-0.3, -0.25) is 29.9 Å². The summed E-state index contributed by atoms with van der Waals surface area (Å²) in [7, 11) is 0. The summed E-state index contributed by atoms with van der Waals surface area (Å²) in [6, 6.07) is 24.1. The van der Waals surface area contributed by atoms with Crippen LogP contribution in [0.4, 0.5) is 0 Å². The number of hydrogen-bond donors (Lipinski definition) is 0. The minimum Gasteiger partial charge on any atom is -0.545 e. The van der Waals surface area contributed by atoms with E-state index in [2.05, 4.69) is 29.9 Å². The summed E-state index contributed by atoms with van der Waals surface area (Å²) in [6.07, 6.45) is 9.33. The second-order valence-corrected chi connectivity index (χ2v) is 8.60. The van der Waals surface area contributed by atoms with Gasteiger partial charge in [-0.05, 0) is 60.7 Å². The van der Waals surface area contributed by atoms with Crippen molar-refractivity contribution in [2.75, 3.05) is 0 Å². The van der Waals surface area contributed by atoms with Crippen LogP contribution in [0.5, 0.6) is 0 Å². The molecule has 0 saturated carbocycles. The molecule has 0 bridgehead atoms. The van der Waals surface area contributed by atoms with Crippen molar-refractivity contribution < 1.29 is 39.3 Å². The normalized spacial score (nSPS) is 10.0. The van der Waals surface area contributed by atoms with Crippen LogP contribution in [0, 0.1) is 0 Å². The number of carbonyl (C=O) groups excluding carboxylic acids is 2. The smallest absolute Gasteiger partial charge is 0.545 e. The maximum Gasteiger partial charge on any atom is 2.00 e. The molecule has 0 aliphatic heterocycles. The molecule has 0 fully saturated rings. The van der Waals surface area contributed by atoms with E-state index >= 15 is 0 Å². The van der Waals surface area contributed by atoms with Crippen LogP contribution >= 0.6 is 0 Å². The number of carboxylic acids is 2. The molecule has 11 heteroatoms. The minimum atomic E-state index is -1.27. The molecule has 6 aromatic rings. The average Bonchev–Trinajstić information content (AvgIpc) is 3.06. The zero-order valence-corrected chi connectivity index (χ0v) is 25.5. The quantitative estimate of drug-likeness (QED) is 0.254. The van der Waals surface area contributed by atoms with E-state index < -0.39 is 11.9 Å². The van der Waals surface area contributed by atoms with Crippen LogP contribution in [0.3, 0.4) is 0 Å². The Bertz CT molecular complexity index is 1690. The minimum absolute atomic E-state index is 0. The summed E-state index contributed by atoms with van der Waals surface area (Å²) >= 11 is 0. The second-order valence-electron chi connectivity index (χ2n) is 8.60. The van der Waals surface area contributed by atoms with E-state index in [9.17, 15) is 19.8 Å². The van der Waals surface area contributed by atoms with E-state index in [0.29, 0.717) is 45.3 Å². The molecule has 0 saturated heterocycles. The molecule has 0 aliphatic rings. The zero-order valence-electron chi connectivity index (χ0n) is 22.6. The van der Waals surface area contributed by atoms with Gasteiger partial charge in [0.25, 0.3) is 0 Å². The van der Waals surface area contributed by atoms with E-state index in [1.54, 1.807) is 85.5 Å². The maximum absolute atomic E-state index is 11.4. The number of rotatable bonds is 6. The predicted octanol–water partition coefficient (Wildman–Crippen LogP) is 3.14. The topological polar surface area (TPSA) is 158 Å². The van der Waals surface area contributed by atoms with Gasteiger partial charge in [0, 0.05) is 59.4 Å². The van der Waals surface area contributed by atoms with Crippen molar-refractivity contribution in [1.29, 1.82) is 0 Å². The molecular weight excluding hydrogens is 598 g/mol. The van der Waals surface area contributed by atoms with Crippen molar-refractivity contribution in [3.8, 4) is 45.3 Å². The van der Waals surface area contributed by atoms with Crippen LogP contribution in [-0.2, 0) is 19.5 Å². The fourth-order valence-corrected chi connectivity index (χ4v) is 4.20. The Balaban J connectivity index is 0.000000192. The van der Waals surface area contributed by atoms with Gasteiger partial charge in [0.05, 0.1) is 46.1 Å². The predicted molar refractivity (Wildman–Crippen MR) is 150 cm³/mol. The van der Waals surface area contributed by atoms with Gasteiger partial charge in [-0.15, -0.1) is 0 Å². The summed E-state index contributed by atoms with van der Waals surface area (Å²) < 4.78 is 0. The third-order valence-electron chi connectivity index (χ3n) is 6.00. The van der Waals surface area contributed by atoms with Crippen molar-refractivity contribution in [3.63, 3.8) is 0 Å². The number of aromatic carboxylic acids is 2. The van der Waals surface area contributed by atoms with Crippen molar-refractivity contribution in [2.45, 2.75) is 0 Å². The summed E-state index contributed by atoms with van der Waals surface area (Å²) in [5, 5.41) is 22.8. The first-order valence-electron chi connectivity index (χ1n) is 12.6. The molecule has 10 nitrogen and oxygen atoms in total. The fraction of sp³-hybridized carbons (Fsp3) is 0. The zero-order chi connectivity index (χ0) is 29.3. The Kier molecular flexibility index (Phi) is 10.2. The molecule has 0 N–H and O–H groups in total. The van der Waals surface area contributed by atoms with Crippen molar-refractivity contribution in [2.24, 2.45) is 0 Å². The molecule has 6 heterocycles. The van der Waals surface area contributed by atoms with Crippen molar-refractivity contribution in [1.82, 2.24) is 29.9 Å². The Hall–Kier alpha value is -5.54. The number of pyridine rings is 6. The van der Waals surface area contributed by atoms with Crippen LogP contribution in [-0.4, -0.2) is 41.8 Å². The van der Waals surface area contributed by atoms with Crippen molar-refractivity contribution >= 4 is 11.9 Å². The number of carbonyl (C=O) groups is 2. The summed E-state index contributed by atoms with van der Waals surface area (Å²) in [5.41, 5.74) is 4.06. The third-order valence-corrected chi connectivity index (χ3v) is 6.00. The number of carboxylic acid groups (broad SMARTS) is 2. The van der Waals surface area contributed by atoms with E-state index in [1.165, 1.54) is 24.5 Å². The standard InChI is InChI=1S/2C16H11N3O2.Zn/c2*20-16(21)11-7-10-19-15(13-6-2-4-9-18-13)14(11)12-5-1-3-8-17-12;/h2*1-10H,(H,20,21);/q;;+2/p-2. The molecule has 0 radical (unpaired) electrons. The number of nitrogens with zero attached hydrogens (tertiary/aromatic N) is 6. The molecular formula is C32H20N6O4Zn. The van der Waals surface area contributed by atoms with E-state index in [0.717, 1.165) is 0 Å². The summed E-state index contributed by atoms with van der Waals surface area (Å²) in [4.78, 5) is 48.2. The number of aromatic nitrogens is 6. The SMILES string of the molecule is O=C([O-])c1ccnc(-c2ccccn2)c1-c1ccccn1.O=C([O-])c1ccnc(-c2ccccn2)c1-c1ccccn1.[Zn+2]. The molecule has 0 spiro atoms. The first kappa shape index (κ1) is 30.4. The fourth-order valence-electron chi connectivity index (χ4n) is 4.20. The molecule has 43 heavy (non-hydrogen) atoms. The van der Waals surface area contributed by atoms with E-state index in [4.69, 9.17) is 0 Å². The molecule has 0 amide bonds. The Morgan fingerprint density at radius 1 is 0.419 bits per heavy atom. The number of hydrogen-bond acceptors (Lipinski definition) is 10. The first-order chi connectivity index (χ1) is 20.5. The van der Waals surface area contributed by atoms with Gasteiger partial charge in [0.2, 0.25) is 0 Å². The van der Waals surface area contributed by atoms with Gasteiger partial charge in [0.1, 0.15) is 0 Å². The van der Waals surface area contributed by atoms with Crippen LogP contribution in [0.2, 0.25) is 0 Å². The van der Waals surface area contributed by atoms with Crippen LogP contribution < -0.4 is 10.2 Å². The van der Waals surface area contributed by atoms with Gasteiger partial charge in [-0.2, -0.15) is 0 Å². The van der Waals surface area contributed by atoms with Gasteiger partial charge in [0.15, 0.2) is 0 Å². The largest absolute Gasteiger partial charge is 2.00 e. The van der Waals surface area contributed by atoms with E-state index in [1.807, 2.05) is 12.1 Å². The molecule has 204 valence electrons. The Morgan fingerprint density at radius 2 is 0.744 bits per heavy atom. The third kappa shape index (κ3) is 7.03. The summed E-state index contributed by atoms with van der Waals surface area (Å²) in [6.45, 7) is 0. The van der Waals surface area contributed by atoms with Crippen LogP contribution in [0.25, 0.3) is 45.3 Å². The molecule has 6 aromatic heterocycles. The summed E-state index contributed by atoms with van der Waals surface area (Å²) in [5.74, 6) is -2.54. The van der Waals surface area contributed by atoms with Gasteiger partial charge in [-0.25, -0.2) is 0 Å². The van der Waals surface area contributed by atoms with Gasteiger partial charge in [-0.1, -0.05) is 24.3 Å².